The molecule has 0 aromatic rings. The van der Waals surface area contributed by atoms with Crippen LogP contribution >= 0.6 is 0 Å². The Balaban J connectivity index is 0. The summed E-state index contributed by atoms with van der Waals surface area (Å²) in [5, 5.41) is 8.50. The molecule has 3 heteroatoms. The van der Waals surface area contributed by atoms with E-state index < -0.39 is 25.7 Å². The maximum atomic E-state index is 10.3. The number of carboxylic acid groups (broad SMARTS) is 1. The third-order valence-electron chi connectivity index (χ3n) is 5.99. The van der Waals surface area contributed by atoms with Gasteiger partial charge in [0.15, 0.2) is 0 Å². The van der Waals surface area contributed by atoms with Crippen LogP contribution in [0.25, 0.3) is 0 Å². The molecule has 0 aromatic carbocycles. The Hall–Kier alpha value is -0.251. The Labute approximate surface area is 215 Å². The minimum absolute atomic E-state index is 0.324. The van der Waals surface area contributed by atoms with Crippen molar-refractivity contribution in [3.63, 3.8) is 0 Å². The van der Waals surface area contributed by atoms with Crippen LogP contribution in [0.2, 0.25) is 13.3 Å². The monoisotopic (exact) mass is 571 g/mol. The third-order valence-corrected chi connectivity index (χ3v) is 15.1. The van der Waals surface area contributed by atoms with Crippen LogP contribution in [0.3, 0.4) is 0 Å². The van der Waals surface area contributed by atoms with Crippen LogP contribution in [0.4, 0.5) is 0 Å². The molecule has 0 aromatic heterocycles. The van der Waals surface area contributed by atoms with Gasteiger partial charge in [-0.2, -0.15) is 0 Å². The second-order valence-corrected chi connectivity index (χ2v) is 18.0. The number of carbonyl (C=O) groups is 1. The van der Waals surface area contributed by atoms with Crippen LogP contribution in [0.5, 0.6) is 0 Å². The van der Waals surface area contributed by atoms with Crippen molar-refractivity contribution in [1.29, 1.82) is 0 Å². The number of allylic oxidation sites excluding steroid dienone is 4. The van der Waals surface area contributed by atoms with E-state index in [4.69, 9.17) is 5.11 Å². The summed E-state index contributed by atoms with van der Waals surface area (Å²) in [7, 11) is 0. The molecular formula is C30H59O2Sn. The molecule has 0 unspecified atom stereocenters. The van der Waals surface area contributed by atoms with Crippen LogP contribution in [0.1, 0.15) is 143 Å². The minimum atomic E-state index is -0.839. The summed E-state index contributed by atoms with van der Waals surface area (Å²) in [5.74, 6) is -0.671. The summed E-state index contributed by atoms with van der Waals surface area (Å²) in [6.07, 6.45) is 31.1. The molecule has 0 amide bonds. The van der Waals surface area contributed by atoms with Crippen molar-refractivity contribution in [3.05, 3.63) is 24.3 Å². The molecule has 0 aliphatic carbocycles. The van der Waals surface area contributed by atoms with Gasteiger partial charge in [-0.15, -0.1) is 0 Å². The van der Waals surface area contributed by atoms with Gasteiger partial charge in [-0.1, -0.05) is 63.3 Å². The molecule has 0 aliphatic heterocycles. The summed E-state index contributed by atoms with van der Waals surface area (Å²) in [5.41, 5.74) is 0. The van der Waals surface area contributed by atoms with E-state index in [1.807, 2.05) is 0 Å². The first kappa shape index (κ1) is 34.9. The van der Waals surface area contributed by atoms with E-state index >= 15 is 0 Å². The van der Waals surface area contributed by atoms with Crippen molar-refractivity contribution >= 4 is 25.7 Å². The molecule has 33 heavy (non-hydrogen) atoms. The molecule has 195 valence electrons. The maximum absolute atomic E-state index is 10.3. The molecule has 1 radical (unpaired) electrons. The first-order valence-electron chi connectivity index (χ1n) is 14.5. The molecule has 0 spiro atoms. The predicted molar refractivity (Wildman–Crippen MR) is 152 cm³/mol. The van der Waals surface area contributed by atoms with Crippen molar-refractivity contribution in [2.75, 3.05) is 0 Å². The summed E-state index contributed by atoms with van der Waals surface area (Å²) in [6, 6.07) is 0. The van der Waals surface area contributed by atoms with Gasteiger partial charge in [-0.3, -0.25) is 4.79 Å². The van der Waals surface area contributed by atoms with Gasteiger partial charge in [0, 0.05) is 6.42 Å². The number of hydrogen-bond acceptors (Lipinski definition) is 1. The molecule has 0 bridgehead atoms. The van der Waals surface area contributed by atoms with E-state index in [-0.39, 0.29) is 0 Å². The van der Waals surface area contributed by atoms with Gasteiger partial charge in [-0.05, 0) is 38.5 Å². The Bertz CT molecular complexity index is 412. The van der Waals surface area contributed by atoms with E-state index in [9.17, 15) is 4.79 Å². The molecule has 1 N–H and O–H groups in total. The zero-order valence-corrected chi connectivity index (χ0v) is 25.9. The fourth-order valence-corrected chi connectivity index (χ4v) is 13.2. The molecular weight excluding hydrogens is 511 g/mol. The summed E-state index contributed by atoms with van der Waals surface area (Å²) in [4.78, 5) is 10.3. The van der Waals surface area contributed by atoms with Crippen LogP contribution in [-0.4, -0.2) is 30.8 Å². The second-order valence-electron chi connectivity index (χ2n) is 9.44. The standard InChI is InChI=1S/C18H32O2.3C4H9.Sn/c1-2-3-4-5-6-7-8-9-10-11-12-13-14-15-16-17-18(19)20;3*1-3-4-2;/h6-7,9-10H,2-5,8,11-17H2,1H3,(H,19,20);3*1,3-4H2,2H3;/b7-6-,10-9-;;;;. The fourth-order valence-electron chi connectivity index (χ4n) is 3.74. The zero-order chi connectivity index (χ0) is 24.8. The van der Waals surface area contributed by atoms with Crippen molar-refractivity contribution in [2.24, 2.45) is 0 Å². The van der Waals surface area contributed by atoms with E-state index in [0.29, 0.717) is 6.42 Å². The van der Waals surface area contributed by atoms with Gasteiger partial charge in [0.2, 0.25) is 0 Å². The quantitative estimate of drug-likeness (QED) is 0.0754. The number of aliphatic carboxylic acids is 1. The van der Waals surface area contributed by atoms with Crippen molar-refractivity contribution < 1.29 is 9.90 Å². The van der Waals surface area contributed by atoms with Gasteiger partial charge in [0.05, 0.1) is 0 Å². The van der Waals surface area contributed by atoms with Crippen LogP contribution in [-0.2, 0) is 4.79 Å². The van der Waals surface area contributed by atoms with Crippen molar-refractivity contribution in [1.82, 2.24) is 0 Å². The Morgan fingerprint density at radius 2 is 1.00 bits per heavy atom. The normalized spacial score (nSPS) is 11.4. The predicted octanol–water partition coefficient (Wildman–Crippen LogP) is 10.8. The van der Waals surface area contributed by atoms with Crippen LogP contribution in [0, 0.1) is 0 Å². The summed E-state index contributed by atoms with van der Waals surface area (Å²) < 4.78 is 5.04. The van der Waals surface area contributed by atoms with Crippen molar-refractivity contribution in [3.8, 4) is 0 Å². The van der Waals surface area contributed by atoms with E-state index in [1.165, 1.54) is 83.5 Å². The molecule has 2 nitrogen and oxygen atoms in total. The van der Waals surface area contributed by atoms with Crippen LogP contribution in [0.15, 0.2) is 24.3 Å². The Kier molecular flexibility index (Phi) is 33.6. The average Bonchev–Trinajstić information content (AvgIpc) is 2.81. The Morgan fingerprint density at radius 3 is 1.45 bits per heavy atom. The summed E-state index contributed by atoms with van der Waals surface area (Å²) in [6.45, 7) is 9.24. The topological polar surface area (TPSA) is 37.3 Å². The number of hydrogen-bond donors (Lipinski definition) is 1. The molecule has 0 aliphatic rings. The second kappa shape index (κ2) is 31.7. The zero-order valence-electron chi connectivity index (χ0n) is 23.0. The van der Waals surface area contributed by atoms with E-state index in [1.54, 1.807) is 13.3 Å². The van der Waals surface area contributed by atoms with Gasteiger partial charge < -0.3 is 5.11 Å². The number of unbranched alkanes of at least 4 members (excludes halogenated alkanes) is 11. The SMILES string of the molecule is CCCCC/C=C\C/C=C\CCCCCCCC(=O)O.CCC[CH2][Sn]([CH2]CCC)[CH2]CCC. The van der Waals surface area contributed by atoms with E-state index in [0.717, 1.165) is 25.7 Å². The van der Waals surface area contributed by atoms with Gasteiger partial charge in [-0.25, -0.2) is 0 Å². The molecule has 0 rings (SSSR count). The van der Waals surface area contributed by atoms with Crippen molar-refractivity contribution in [2.45, 2.75) is 157 Å². The van der Waals surface area contributed by atoms with Gasteiger partial charge in [0.25, 0.3) is 0 Å². The molecule has 0 fully saturated rings. The van der Waals surface area contributed by atoms with Gasteiger partial charge in [0.1, 0.15) is 0 Å². The van der Waals surface area contributed by atoms with Gasteiger partial charge >= 0.3 is 98.3 Å². The molecule has 0 heterocycles. The number of carboxylic acids is 1. The molecule has 0 saturated carbocycles. The number of rotatable bonds is 23. The molecule has 0 saturated heterocycles. The molecule has 0 atom stereocenters. The van der Waals surface area contributed by atoms with E-state index in [2.05, 4.69) is 52.0 Å². The third kappa shape index (κ3) is 34.0. The fraction of sp³-hybridized carbons (Fsp3) is 0.833. The first-order chi connectivity index (χ1) is 16.1. The average molecular weight is 571 g/mol. The first-order valence-corrected chi connectivity index (χ1v) is 20.5. The summed E-state index contributed by atoms with van der Waals surface area (Å²) >= 11 is -0.839. The van der Waals surface area contributed by atoms with Crippen LogP contribution < -0.4 is 0 Å². The Morgan fingerprint density at radius 1 is 0.576 bits per heavy atom.